The lowest BCUT2D eigenvalue weighted by molar-refractivity contribution is -0.123. The molecule has 0 atom stereocenters. The van der Waals surface area contributed by atoms with Crippen molar-refractivity contribution in [2.45, 2.75) is 6.61 Å². The molecule has 0 saturated heterocycles. The molecule has 2 N–H and O–H groups in total. The van der Waals surface area contributed by atoms with E-state index in [-0.39, 0.29) is 22.7 Å². The first-order valence-corrected chi connectivity index (χ1v) is 7.95. The molecule has 154 valence electrons. The second kappa shape index (κ2) is 9.97. The Labute approximate surface area is 162 Å². The van der Waals surface area contributed by atoms with E-state index in [4.69, 9.17) is 9.47 Å². The molecule has 29 heavy (non-hydrogen) atoms. The van der Waals surface area contributed by atoms with Crippen molar-refractivity contribution < 1.29 is 41.8 Å². The number of benzene rings is 2. The lowest BCUT2D eigenvalue weighted by Crippen LogP contribution is -2.37. The van der Waals surface area contributed by atoms with Crippen molar-refractivity contribution in [3.63, 3.8) is 0 Å². The van der Waals surface area contributed by atoms with Gasteiger partial charge in [0.15, 0.2) is 18.1 Å². The molecule has 0 aromatic heterocycles. The van der Waals surface area contributed by atoms with Crippen molar-refractivity contribution >= 4 is 23.6 Å². The predicted molar refractivity (Wildman–Crippen MR) is 93.5 cm³/mol. The molecular weight excluding hydrogens is 397 g/mol. The molecule has 2 aromatic rings. The Morgan fingerprint density at radius 1 is 1.07 bits per heavy atom. The van der Waals surface area contributed by atoms with E-state index in [1.54, 1.807) is 0 Å². The zero-order valence-corrected chi connectivity index (χ0v) is 14.9. The quantitative estimate of drug-likeness (QED) is 0.678. The summed E-state index contributed by atoms with van der Waals surface area (Å²) in [4.78, 5) is 35.3. The molecule has 0 aliphatic carbocycles. The zero-order chi connectivity index (χ0) is 21.4. The van der Waals surface area contributed by atoms with Gasteiger partial charge in [-0.3, -0.25) is 10.1 Å². The molecule has 0 spiro atoms. The number of methoxy groups -OCH3 is 1. The first kappa shape index (κ1) is 21.5. The van der Waals surface area contributed by atoms with Crippen LogP contribution in [0.5, 0.6) is 11.5 Å². The van der Waals surface area contributed by atoms with Gasteiger partial charge >= 0.3 is 18.6 Å². The fourth-order valence-electron chi connectivity index (χ4n) is 2.08. The second-order valence-corrected chi connectivity index (χ2v) is 5.30. The molecule has 0 bridgehead atoms. The van der Waals surface area contributed by atoms with E-state index in [0.717, 1.165) is 24.3 Å². The SMILES string of the molecule is COc1cc(C(=O)OCC(=O)NC(=O)Nc2ccccc2F)ccc1OC(F)F. The normalized spacial score (nSPS) is 10.2. The summed E-state index contributed by atoms with van der Waals surface area (Å²) < 4.78 is 51.8. The number of anilines is 1. The Morgan fingerprint density at radius 3 is 2.45 bits per heavy atom. The largest absolute Gasteiger partial charge is 0.493 e. The van der Waals surface area contributed by atoms with Crippen molar-refractivity contribution in [2.24, 2.45) is 0 Å². The van der Waals surface area contributed by atoms with Gasteiger partial charge < -0.3 is 19.5 Å². The highest BCUT2D eigenvalue weighted by Gasteiger charge is 2.17. The van der Waals surface area contributed by atoms with E-state index in [9.17, 15) is 27.6 Å². The van der Waals surface area contributed by atoms with Gasteiger partial charge in [0.05, 0.1) is 18.4 Å². The number of para-hydroxylation sites is 1. The molecular formula is C18H15F3N2O6. The van der Waals surface area contributed by atoms with Gasteiger partial charge in [-0.15, -0.1) is 0 Å². The Bertz CT molecular complexity index is 907. The summed E-state index contributed by atoms with van der Waals surface area (Å²) in [5.41, 5.74) is -0.250. The van der Waals surface area contributed by atoms with Crippen LogP contribution in [0.3, 0.4) is 0 Å². The number of alkyl halides is 2. The third-order valence-corrected chi connectivity index (χ3v) is 3.32. The fourth-order valence-corrected chi connectivity index (χ4v) is 2.08. The number of amides is 3. The first-order valence-electron chi connectivity index (χ1n) is 7.95. The molecule has 0 fully saturated rings. The maximum atomic E-state index is 13.4. The molecule has 0 aliphatic rings. The molecule has 0 aliphatic heterocycles. The summed E-state index contributed by atoms with van der Waals surface area (Å²) in [7, 11) is 1.18. The minimum absolute atomic E-state index is 0.105. The molecule has 0 unspecified atom stereocenters. The number of carbonyl (C=O) groups excluding carboxylic acids is 3. The van der Waals surface area contributed by atoms with E-state index in [2.05, 4.69) is 10.1 Å². The monoisotopic (exact) mass is 412 g/mol. The number of nitrogens with one attached hydrogen (secondary N) is 2. The molecule has 2 aromatic carbocycles. The van der Waals surface area contributed by atoms with Gasteiger partial charge in [-0.05, 0) is 30.3 Å². The van der Waals surface area contributed by atoms with E-state index in [1.807, 2.05) is 5.32 Å². The number of carbonyl (C=O) groups is 3. The van der Waals surface area contributed by atoms with Gasteiger partial charge in [-0.25, -0.2) is 14.0 Å². The van der Waals surface area contributed by atoms with Crippen LogP contribution in [0.15, 0.2) is 42.5 Å². The van der Waals surface area contributed by atoms with Crippen LogP contribution in [0, 0.1) is 5.82 Å². The lowest BCUT2D eigenvalue weighted by Gasteiger charge is -2.11. The van der Waals surface area contributed by atoms with Crippen molar-refractivity contribution in [3.05, 3.63) is 53.8 Å². The van der Waals surface area contributed by atoms with E-state index >= 15 is 0 Å². The maximum Gasteiger partial charge on any atom is 0.387 e. The van der Waals surface area contributed by atoms with Crippen LogP contribution >= 0.6 is 0 Å². The predicted octanol–water partition coefficient (Wildman–Crippen LogP) is 2.94. The van der Waals surface area contributed by atoms with Gasteiger partial charge in [0.25, 0.3) is 5.91 Å². The van der Waals surface area contributed by atoms with Gasteiger partial charge in [-0.2, -0.15) is 8.78 Å². The summed E-state index contributed by atoms with van der Waals surface area (Å²) in [6.07, 6.45) is 0. The third-order valence-electron chi connectivity index (χ3n) is 3.32. The van der Waals surface area contributed by atoms with Crippen LogP contribution in [0.4, 0.5) is 23.7 Å². The van der Waals surface area contributed by atoms with Crippen LogP contribution in [0.25, 0.3) is 0 Å². The van der Waals surface area contributed by atoms with E-state index in [1.165, 1.54) is 25.3 Å². The third kappa shape index (κ3) is 6.41. The van der Waals surface area contributed by atoms with Crippen LogP contribution in [0.1, 0.15) is 10.4 Å². The topological polar surface area (TPSA) is 103 Å². The number of ether oxygens (including phenoxy) is 3. The smallest absolute Gasteiger partial charge is 0.387 e. The lowest BCUT2D eigenvalue weighted by atomic mass is 10.2. The van der Waals surface area contributed by atoms with Gasteiger partial charge in [0, 0.05) is 0 Å². The average Bonchev–Trinajstić information content (AvgIpc) is 2.67. The van der Waals surface area contributed by atoms with Crippen LogP contribution in [-0.4, -0.2) is 38.2 Å². The van der Waals surface area contributed by atoms with E-state index < -0.39 is 36.9 Å². The highest BCUT2D eigenvalue weighted by Crippen LogP contribution is 2.29. The number of urea groups is 1. The minimum Gasteiger partial charge on any atom is -0.493 e. The summed E-state index contributed by atoms with van der Waals surface area (Å²) in [6.45, 7) is -3.90. The highest BCUT2D eigenvalue weighted by atomic mass is 19.3. The fraction of sp³-hybridized carbons (Fsp3) is 0.167. The standard InChI is InChI=1S/C18H15F3N2O6/c1-27-14-8-10(6-7-13(14)29-17(20)21)16(25)28-9-15(24)23-18(26)22-12-5-3-2-4-11(12)19/h2-8,17H,9H2,1H3,(H2,22,23,24,26). The molecule has 0 heterocycles. The number of halogens is 3. The molecule has 0 radical (unpaired) electrons. The Hall–Kier alpha value is -3.76. The Morgan fingerprint density at radius 2 is 1.79 bits per heavy atom. The zero-order valence-electron chi connectivity index (χ0n) is 14.9. The molecule has 8 nitrogen and oxygen atoms in total. The number of rotatable bonds is 7. The summed E-state index contributed by atoms with van der Waals surface area (Å²) in [5, 5.41) is 3.97. The molecule has 0 saturated carbocycles. The van der Waals surface area contributed by atoms with Crippen molar-refractivity contribution in [1.82, 2.24) is 5.32 Å². The molecule has 2 rings (SSSR count). The first-order chi connectivity index (χ1) is 13.8. The number of esters is 1. The van der Waals surface area contributed by atoms with Gasteiger partial charge in [0.1, 0.15) is 5.82 Å². The molecule has 3 amide bonds. The summed E-state index contributed by atoms with van der Waals surface area (Å²) in [6, 6.07) is 7.57. The van der Waals surface area contributed by atoms with Gasteiger partial charge in [0.2, 0.25) is 0 Å². The average molecular weight is 412 g/mol. The van der Waals surface area contributed by atoms with Gasteiger partial charge in [-0.1, -0.05) is 12.1 Å². The number of imide groups is 1. The van der Waals surface area contributed by atoms with Crippen LogP contribution < -0.4 is 20.1 Å². The van der Waals surface area contributed by atoms with Crippen molar-refractivity contribution in [1.29, 1.82) is 0 Å². The second-order valence-electron chi connectivity index (χ2n) is 5.30. The minimum atomic E-state index is -3.08. The maximum absolute atomic E-state index is 13.4. The Balaban J connectivity index is 1.89. The summed E-state index contributed by atoms with van der Waals surface area (Å²) in [5.74, 6) is -3.09. The van der Waals surface area contributed by atoms with Crippen molar-refractivity contribution in [2.75, 3.05) is 19.0 Å². The molecule has 11 heteroatoms. The highest BCUT2D eigenvalue weighted by molar-refractivity contribution is 6.02. The van der Waals surface area contributed by atoms with Crippen LogP contribution in [0.2, 0.25) is 0 Å². The Kier molecular flexibility index (Phi) is 7.40. The van der Waals surface area contributed by atoms with Crippen molar-refractivity contribution in [3.8, 4) is 11.5 Å². The number of hydrogen-bond donors (Lipinski definition) is 2. The van der Waals surface area contributed by atoms with Crippen LogP contribution in [-0.2, 0) is 9.53 Å². The summed E-state index contributed by atoms with van der Waals surface area (Å²) >= 11 is 0. The van der Waals surface area contributed by atoms with E-state index in [0.29, 0.717) is 0 Å². The number of hydrogen-bond acceptors (Lipinski definition) is 6.